The molecule has 0 saturated carbocycles. The van der Waals surface area contributed by atoms with Gasteiger partial charge in [0.25, 0.3) is 0 Å². The summed E-state index contributed by atoms with van der Waals surface area (Å²) in [5, 5.41) is 1.43. The van der Waals surface area contributed by atoms with Crippen molar-refractivity contribution < 1.29 is 11.1 Å². The van der Waals surface area contributed by atoms with Crippen molar-refractivity contribution in [3.05, 3.63) is 30.3 Å². The highest BCUT2D eigenvalue weighted by Gasteiger charge is 2.01. The van der Waals surface area contributed by atoms with Gasteiger partial charge in [-0.2, -0.15) is 0 Å². The minimum atomic E-state index is -0.318. The van der Waals surface area contributed by atoms with Crippen LogP contribution in [0, 0.1) is 0 Å². The Bertz CT molecular complexity index is 264. The molecule has 0 radical (unpaired) electrons. The zero-order valence-corrected chi connectivity index (χ0v) is 7.15. The molecule has 3 nitrogen and oxygen atoms in total. The zero-order chi connectivity index (χ0) is 8.97. The summed E-state index contributed by atoms with van der Waals surface area (Å²) in [7, 11) is 1.69. The molecule has 0 aliphatic heterocycles. The monoisotopic (exact) mass is 166 g/mol. The van der Waals surface area contributed by atoms with E-state index in [1.807, 2.05) is 30.3 Å². The van der Waals surface area contributed by atoms with E-state index in [9.17, 15) is 4.79 Å². The molecule has 0 saturated heterocycles. The molecular weight excluding hydrogens is 154 g/mol. The first-order valence-corrected chi connectivity index (χ1v) is 3.67. The van der Waals surface area contributed by atoms with Gasteiger partial charge >= 0.3 is 7.40 Å². The summed E-state index contributed by atoms with van der Waals surface area (Å²) in [4.78, 5) is 15.4. The SMILES string of the molecule is CC(=O)ON(C)c1ccccc1.[H+]. The predicted octanol–water partition coefficient (Wildman–Crippen LogP) is 1.71. The molecule has 0 aromatic heterocycles. The van der Waals surface area contributed by atoms with Crippen LogP contribution in [-0.2, 0) is 9.63 Å². The third kappa shape index (κ3) is 2.27. The Morgan fingerprint density at radius 3 is 2.50 bits per heavy atom. The molecule has 0 unspecified atom stereocenters. The maximum atomic E-state index is 10.6. The molecule has 1 rings (SSSR count). The van der Waals surface area contributed by atoms with Gasteiger partial charge in [-0.05, 0) is 12.1 Å². The molecule has 3 heteroatoms. The van der Waals surface area contributed by atoms with E-state index >= 15 is 0 Å². The van der Waals surface area contributed by atoms with Crippen molar-refractivity contribution in [3.63, 3.8) is 0 Å². The van der Waals surface area contributed by atoms with Crippen molar-refractivity contribution in [2.45, 2.75) is 6.92 Å². The highest BCUT2D eigenvalue weighted by molar-refractivity contribution is 5.67. The minimum Gasteiger partial charge on any atom is -0.341 e. The summed E-state index contributed by atoms with van der Waals surface area (Å²) in [6.07, 6.45) is 0. The number of hydroxylamine groups is 1. The summed E-state index contributed by atoms with van der Waals surface area (Å²) in [5.74, 6) is -0.318. The van der Waals surface area contributed by atoms with Crippen LogP contribution in [0.2, 0.25) is 0 Å². The van der Waals surface area contributed by atoms with Crippen molar-refractivity contribution in [3.8, 4) is 0 Å². The van der Waals surface area contributed by atoms with Crippen LogP contribution in [0.4, 0.5) is 5.69 Å². The molecule has 1 aromatic rings. The molecule has 12 heavy (non-hydrogen) atoms. The second kappa shape index (κ2) is 3.76. The number of carbonyl (C=O) groups is 1. The Hall–Kier alpha value is -1.51. The van der Waals surface area contributed by atoms with Crippen LogP contribution in [0.1, 0.15) is 8.35 Å². The molecule has 0 heterocycles. The van der Waals surface area contributed by atoms with Crippen LogP contribution in [-0.4, -0.2) is 13.0 Å². The zero-order valence-electron chi connectivity index (χ0n) is 8.15. The normalized spacial score (nSPS) is 9.17. The van der Waals surface area contributed by atoms with Crippen molar-refractivity contribution in [2.24, 2.45) is 0 Å². The van der Waals surface area contributed by atoms with Crippen molar-refractivity contribution in [1.29, 1.82) is 0 Å². The first-order chi connectivity index (χ1) is 5.70. The van der Waals surface area contributed by atoms with E-state index in [2.05, 4.69) is 0 Å². The summed E-state index contributed by atoms with van der Waals surface area (Å²) in [5.41, 5.74) is 0.854. The lowest BCUT2D eigenvalue weighted by atomic mass is 10.3. The van der Waals surface area contributed by atoms with Crippen LogP contribution >= 0.6 is 0 Å². The van der Waals surface area contributed by atoms with Crippen LogP contribution < -0.4 is 5.06 Å². The molecule has 64 valence electrons. The molecule has 0 N–H and O–H groups in total. The molecule has 0 atom stereocenters. The van der Waals surface area contributed by atoms with E-state index in [1.54, 1.807) is 7.05 Å². The minimum absolute atomic E-state index is 0. The lowest BCUT2D eigenvalue weighted by Crippen LogP contribution is -2.20. The second-order valence-corrected chi connectivity index (χ2v) is 2.42. The fraction of sp³-hybridized carbons (Fsp3) is 0.222. The number of hydrogen-bond acceptors (Lipinski definition) is 3. The van der Waals surface area contributed by atoms with Crippen LogP contribution in [0.5, 0.6) is 0 Å². The van der Waals surface area contributed by atoms with Crippen LogP contribution in [0.15, 0.2) is 30.3 Å². The van der Waals surface area contributed by atoms with Gasteiger partial charge in [0.1, 0.15) is 0 Å². The third-order valence-corrected chi connectivity index (χ3v) is 1.39. The molecule has 0 aliphatic carbocycles. The Labute approximate surface area is 73.0 Å². The Morgan fingerprint density at radius 2 is 2.00 bits per heavy atom. The quantitative estimate of drug-likeness (QED) is 0.626. The largest absolute Gasteiger partial charge is 1.00 e. The Kier molecular flexibility index (Phi) is 2.69. The highest BCUT2D eigenvalue weighted by Crippen LogP contribution is 2.10. The summed E-state index contributed by atoms with van der Waals surface area (Å²) in [6, 6.07) is 9.40. The lowest BCUT2D eigenvalue weighted by molar-refractivity contribution is -0.141. The van der Waals surface area contributed by atoms with E-state index < -0.39 is 0 Å². The molecule has 0 spiro atoms. The predicted molar refractivity (Wildman–Crippen MR) is 47.7 cm³/mol. The van der Waals surface area contributed by atoms with Gasteiger partial charge in [0.05, 0.1) is 5.69 Å². The van der Waals surface area contributed by atoms with Gasteiger partial charge in [0.15, 0.2) is 0 Å². The van der Waals surface area contributed by atoms with Gasteiger partial charge < -0.3 is 4.84 Å². The van der Waals surface area contributed by atoms with E-state index in [0.717, 1.165) is 5.69 Å². The van der Waals surface area contributed by atoms with E-state index in [0.29, 0.717) is 0 Å². The van der Waals surface area contributed by atoms with Crippen LogP contribution in [0.25, 0.3) is 0 Å². The first-order valence-electron chi connectivity index (χ1n) is 3.67. The second-order valence-electron chi connectivity index (χ2n) is 2.42. The molecule has 0 aliphatic rings. The standard InChI is InChI=1S/C9H11NO2/c1-8(11)12-10(2)9-6-4-3-5-7-9/h3-7H,1-2H3/p+1. The number of para-hydroxylation sites is 1. The van der Waals surface area contributed by atoms with Crippen LogP contribution in [0.3, 0.4) is 0 Å². The van der Waals surface area contributed by atoms with Crippen molar-refractivity contribution >= 4 is 11.7 Å². The number of nitrogens with zero attached hydrogens (tertiary/aromatic N) is 1. The van der Waals surface area contributed by atoms with Gasteiger partial charge in [-0.1, -0.05) is 18.2 Å². The average Bonchev–Trinajstić information content (AvgIpc) is 2.05. The molecule has 0 bridgehead atoms. The summed E-state index contributed by atoms with van der Waals surface area (Å²) >= 11 is 0. The number of anilines is 1. The van der Waals surface area contributed by atoms with Gasteiger partial charge in [-0.25, -0.2) is 5.06 Å². The third-order valence-electron chi connectivity index (χ3n) is 1.39. The number of rotatable bonds is 2. The van der Waals surface area contributed by atoms with Crippen molar-refractivity contribution in [2.75, 3.05) is 12.1 Å². The maximum absolute atomic E-state index is 10.6. The average molecular weight is 166 g/mol. The molecule has 0 fully saturated rings. The number of hydrogen-bond donors (Lipinski definition) is 0. The van der Waals surface area contributed by atoms with Gasteiger partial charge in [-0.15, -0.1) is 0 Å². The smallest absolute Gasteiger partial charge is 0.341 e. The lowest BCUT2D eigenvalue weighted by Gasteiger charge is -2.16. The summed E-state index contributed by atoms with van der Waals surface area (Å²) < 4.78 is 0. The van der Waals surface area contributed by atoms with E-state index in [1.165, 1.54) is 12.0 Å². The Morgan fingerprint density at radius 1 is 1.42 bits per heavy atom. The molecular formula is C9H12NO2+. The molecule has 0 amide bonds. The summed E-state index contributed by atoms with van der Waals surface area (Å²) in [6.45, 7) is 1.37. The van der Waals surface area contributed by atoms with E-state index in [4.69, 9.17) is 4.84 Å². The van der Waals surface area contributed by atoms with Gasteiger partial charge in [0, 0.05) is 14.0 Å². The van der Waals surface area contributed by atoms with E-state index in [-0.39, 0.29) is 7.40 Å². The van der Waals surface area contributed by atoms with Crippen molar-refractivity contribution in [1.82, 2.24) is 0 Å². The Balaban J connectivity index is 0.00000144. The fourth-order valence-electron chi connectivity index (χ4n) is 0.883. The first kappa shape index (κ1) is 8.59. The maximum Gasteiger partial charge on any atom is 1.00 e. The number of benzene rings is 1. The van der Waals surface area contributed by atoms with Gasteiger partial charge in [0.2, 0.25) is 0 Å². The topological polar surface area (TPSA) is 29.5 Å². The fourth-order valence-corrected chi connectivity index (χ4v) is 0.883. The number of carbonyl (C=O) groups excluding carboxylic acids is 1. The molecule has 1 aromatic carbocycles. The van der Waals surface area contributed by atoms with Gasteiger partial charge in [-0.3, -0.25) is 4.79 Å². The highest BCUT2D eigenvalue weighted by atomic mass is 16.7.